The molecule has 2 aliphatic rings. The van der Waals surface area contributed by atoms with Crippen LogP contribution in [0.5, 0.6) is 0 Å². The first kappa shape index (κ1) is 19.7. The third kappa shape index (κ3) is 6.28. The fourth-order valence-electron chi connectivity index (χ4n) is 3.43. The van der Waals surface area contributed by atoms with Gasteiger partial charge in [-0.3, -0.25) is 24.7 Å². The quantitative estimate of drug-likeness (QED) is 0.718. The molecular formula is C17H31N5O3. The third-order valence-electron chi connectivity index (χ3n) is 4.90. The van der Waals surface area contributed by atoms with Crippen LogP contribution >= 0.6 is 0 Å². The molecule has 0 unspecified atom stereocenters. The maximum absolute atomic E-state index is 12.5. The van der Waals surface area contributed by atoms with Crippen LogP contribution in [0.2, 0.25) is 0 Å². The van der Waals surface area contributed by atoms with Crippen molar-refractivity contribution in [2.75, 3.05) is 52.4 Å². The average Bonchev–Trinajstić information content (AvgIpc) is 2.57. The highest BCUT2D eigenvalue weighted by molar-refractivity contribution is 5.95. The summed E-state index contributed by atoms with van der Waals surface area (Å²) >= 11 is 0. The standard InChI is InChI=1S/C17H31N5O3/c1-3-18-17(25)19-15(23)12-20-8-10-21(11-9-20)13-16(24)22-7-5-4-6-14(22)2/h14H,3-13H2,1-2H3,(H2,18,19,23,25)/t14-/m0/s1. The highest BCUT2D eigenvalue weighted by Gasteiger charge is 2.26. The van der Waals surface area contributed by atoms with Gasteiger partial charge >= 0.3 is 6.03 Å². The van der Waals surface area contributed by atoms with Gasteiger partial charge in [-0.15, -0.1) is 0 Å². The molecule has 8 nitrogen and oxygen atoms in total. The Bertz CT molecular complexity index is 477. The highest BCUT2D eigenvalue weighted by Crippen LogP contribution is 2.16. The van der Waals surface area contributed by atoms with E-state index >= 15 is 0 Å². The topological polar surface area (TPSA) is 85.0 Å². The second kappa shape index (κ2) is 9.72. The number of piperazine rings is 1. The van der Waals surface area contributed by atoms with Crippen LogP contribution in [0.3, 0.4) is 0 Å². The van der Waals surface area contributed by atoms with E-state index in [1.165, 1.54) is 6.42 Å². The molecule has 0 aromatic heterocycles. The normalized spacial score (nSPS) is 22.5. The molecule has 2 aliphatic heterocycles. The maximum Gasteiger partial charge on any atom is 0.321 e. The number of likely N-dealkylation sites (tertiary alicyclic amines) is 1. The van der Waals surface area contributed by atoms with E-state index in [1.54, 1.807) is 6.92 Å². The van der Waals surface area contributed by atoms with E-state index in [0.717, 1.165) is 45.6 Å². The Kier molecular flexibility index (Phi) is 7.64. The Hall–Kier alpha value is -1.67. The van der Waals surface area contributed by atoms with Crippen LogP contribution in [0.1, 0.15) is 33.1 Å². The van der Waals surface area contributed by atoms with Gasteiger partial charge in [-0.1, -0.05) is 0 Å². The van der Waals surface area contributed by atoms with Crippen LogP contribution in [-0.2, 0) is 9.59 Å². The lowest BCUT2D eigenvalue weighted by atomic mass is 10.0. The molecule has 2 fully saturated rings. The van der Waals surface area contributed by atoms with Gasteiger partial charge in [0.2, 0.25) is 11.8 Å². The summed E-state index contributed by atoms with van der Waals surface area (Å²) in [5, 5.41) is 4.85. The molecule has 0 saturated carbocycles. The van der Waals surface area contributed by atoms with E-state index in [0.29, 0.717) is 19.1 Å². The average molecular weight is 353 g/mol. The molecule has 2 saturated heterocycles. The molecule has 1 atom stereocenters. The molecule has 0 aromatic rings. The van der Waals surface area contributed by atoms with Gasteiger partial charge in [0.15, 0.2) is 0 Å². The molecule has 25 heavy (non-hydrogen) atoms. The Labute approximate surface area is 149 Å². The van der Waals surface area contributed by atoms with E-state index in [9.17, 15) is 14.4 Å². The number of amides is 4. The number of nitrogens with zero attached hydrogens (tertiary/aromatic N) is 3. The Balaban J connectivity index is 1.68. The third-order valence-corrected chi connectivity index (χ3v) is 4.90. The zero-order valence-corrected chi connectivity index (χ0v) is 15.4. The molecular weight excluding hydrogens is 322 g/mol. The van der Waals surface area contributed by atoms with Crippen LogP contribution in [0.4, 0.5) is 4.79 Å². The largest absolute Gasteiger partial charge is 0.339 e. The highest BCUT2D eigenvalue weighted by atomic mass is 16.2. The molecule has 2 rings (SSSR count). The first-order valence-corrected chi connectivity index (χ1v) is 9.31. The van der Waals surface area contributed by atoms with Crippen molar-refractivity contribution in [1.29, 1.82) is 0 Å². The minimum Gasteiger partial charge on any atom is -0.339 e. The zero-order chi connectivity index (χ0) is 18.2. The minimum absolute atomic E-state index is 0.210. The summed E-state index contributed by atoms with van der Waals surface area (Å²) in [5.74, 6) is -0.0766. The van der Waals surface area contributed by atoms with E-state index < -0.39 is 6.03 Å². The van der Waals surface area contributed by atoms with Crippen molar-refractivity contribution < 1.29 is 14.4 Å². The number of carbonyl (C=O) groups excluding carboxylic acids is 3. The zero-order valence-electron chi connectivity index (χ0n) is 15.4. The predicted octanol–water partition coefficient (Wildman–Crippen LogP) is -0.149. The summed E-state index contributed by atoms with van der Waals surface area (Å²) in [7, 11) is 0. The van der Waals surface area contributed by atoms with Crippen LogP contribution in [0.15, 0.2) is 0 Å². The lowest BCUT2D eigenvalue weighted by Gasteiger charge is -2.37. The number of imide groups is 1. The van der Waals surface area contributed by atoms with Gasteiger partial charge in [0.1, 0.15) is 0 Å². The van der Waals surface area contributed by atoms with Crippen LogP contribution < -0.4 is 10.6 Å². The predicted molar refractivity (Wildman–Crippen MR) is 95.1 cm³/mol. The van der Waals surface area contributed by atoms with E-state index in [1.807, 2.05) is 9.80 Å². The Morgan fingerprint density at radius 1 is 0.960 bits per heavy atom. The fourth-order valence-corrected chi connectivity index (χ4v) is 3.43. The molecule has 142 valence electrons. The summed E-state index contributed by atoms with van der Waals surface area (Å²) in [6.07, 6.45) is 3.41. The van der Waals surface area contributed by atoms with Crippen molar-refractivity contribution in [3.63, 3.8) is 0 Å². The van der Waals surface area contributed by atoms with Gasteiger partial charge in [0.05, 0.1) is 13.1 Å². The second-order valence-corrected chi connectivity index (χ2v) is 6.89. The van der Waals surface area contributed by atoms with Crippen molar-refractivity contribution in [2.24, 2.45) is 0 Å². The van der Waals surface area contributed by atoms with E-state index in [4.69, 9.17) is 0 Å². The van der Waals surface area contributed by atoms with Crippen molar-refractivity contribution in [3.05, 3.63) is 0 Å². The summed E-state index contributed by atoms with van der Waals surface area (Å²) in [6, 6.07) is -0.104. The minimum atomic E-state index is -0.451. The van der Waals surface area contributed by atoms with E-state index in [-0.39, 0.29) is 18.4 Å². The number of urea groups is 1. The molecule has 8 heteroatoms. The summed E-state index contributed by atoms with van der Waals surface area (Å²) in [4.78, 5) is 41.8. The van der Waals surface area contributed by atoms with Crippen LogP contribution in [0.25, 0.3) is 0 Å². The fraction of sp³-hybridized carbons (Fsp3) is 0.824. The summed E-state index contributed by atoms with van der Waals surface area (Å²) in [5.41, 5.74) is 0. The first-order valence-electron chi connectivity index (χ1n) is 9.31. The monoisotopic (exact) mass is 353 g/mol. The Morgan fingerprint density at radius 2 is 1.60 bits per heavy atom. The first-order chi connectivity index (χ1) is 12.0. The number of nitrogens with one attached hydrogen (secondary N) is 2. The van der Waals surface area contributed by atoms with Crippen molar-refractivity contribution in [3.8, 4) is 0 Å². The van der Waals surface area contributed by atoms with Crippen LogP contribution in [0, 0.1) is 0 Å². The van der Waals surface area contributed by atoms with Crippen LogP contribution in [-0.4, -0.2) is 90.9 Å². The lowest BCUT2D eigenvalue weighted by Crippen LogP contribution is -2.54. The number of hydrogen-bond donors (Lipinski definition) is 2. The van der Waals surface area contributed by atoms with Gasteiger partial charge in [-0.25, -0.2) is 4.79 Å². The molecule has 0 spiro atoms. The molecule has 0 aliphatic carbocycles. The van der Waals surface area contributed by atoms with Crippen molar-refractivity contribution >= 4 is 17.8 Å². The van der Waals surface area contributed by atoms with Gasteiger partial charge in [0.25, 0.3) is 0 Å². The molecule has 4 amide bonds. The van der Waals surface area contributed by atoms with Gasteiger partial charge in [-0.2, -0.15) is 0 Å². The van der Waals surface area contributed by atoms with Gasteiger partial charge in [0, 0.05) is 45.3 Å². The number of hydrogen-bond acceptors (Lipinski definition) is 5. The molecule has 0 bridgehead atoms. The van der Waals surface area contributed by atoms with Gasteiger partial charge < -0.3 is 10.2 Å². The van der Waals surface area contributed by atoms with Gasteiger partial charge in [-0.05, 0) is 33.1 Å². The number of piperidine rings is 1. The summed E-state index contributed by atoms with van der Waals surface area (Å²) < 4.78 is 0. The number of carbonyl (C=O) groups is 3. The lowest BCUT2D eigenvalue weighted by molar-refractivity contribution is -0.136. The maximum atomic E-state index is 12.5. The molecule has 2 heterocycles. The van der Waals surface area contributed by atoms with E-state index in [2.05, 4.69) is 22.5 Å². The molecule has 0 radical (unpaired) electrons. The smallest absolute Gasteiger partial charge is 0.321 e. The number of rotatable bonds is 5. The second-order valence-electron chi connectivity index (χ2n) is 6.89. The summed E-state index contributed by atoms with van der Waals surface area (Å²) in [6.45, 7) is 8.95. The van der Waals surface area contributed by atoms with Crippen molar-refractivity contribution in [2.45, 2.75) is 39.2 Å². The molecule has 0 aromatic carbocycles. The Morgan fingerprint density at radius 3 is 2.20 bits per heavy atom. The van der Waals surface area contributed by atoms with Crippen molar-refractivity contribution in [1.82, 2.24) is 25.3 Å². The SMILES string of the molecule is CCNC(=O)NC(=O)CN1CCN(CC(=O)N2CCCC[C@@H]2C)CC1. The molecule has 2 N–H and O–H groups in total.